The number of benzene rings is 1. The molecule has 0 spiro atoms. The van der Waals surface area contributed by atoms with E-state index in [0.29, 0.717) is 5.56 Å². The fourth-order valence-electron chi connectivity index (χ4n) is 2.56. The molecule has 22 heavy (non-hydrogen) atoms. The van der Waals surface area contributed by atoms with Crippen LogP contribution in [-0.4, -0.2) is 37.3 Å². The molecule has 0 aromatic heterocycles. The molecular weight excluding hydrogens is 330 g/mol. The van der Waals surface area contributed by atoms with Crippen molar-refractivity contribution in [2.75, 3.05) is 13.6 Å². The van der Waals surface area contributed by atoms with E-state index in [1.165, 1.54) is 23.5 Å². The number of likely N-dealkylation sites (N-methyl/N-ethyl adjacent to an activating group) is 1. The van der Waals surface area contributed by atoms with Crippen molar-refractivity contribution in [3.63, 3.8) is 0 Å². The van der Waals surface area contributed by atoms with Crippen LogP contribution >= 0.6 is 12.4 Å². The minimum atomic E-state index is -3.95. The van der Waals surface area contributed by atoms with E-state index in [2.05, 4.69) is 0 Å². The Hall–Kier alpha value is -1.22. The Morgan fingerprint density at radius 1 is 1.45 bits per heavy atom. The largest absolute Gasteiger partial charge is 0.329 e. The Labute approximate surface area is 136 Å². The van der Waals surface area contributed by atoms with Crippen molar-refractivity contribution < 1.29 is 13.3 Å². The van der Waals surface area contributed by atoms with E-state index >= 15 is 0 Å². The van der Waals surface area contributed by atoms with Crippen molar-refractivity contribution >= 4 is 28.1 Å². The highest BCUT2D eigenvalue weighted by Crippen LogP contribution is 2.38. The second-order valence-corrected chi connectivity index (χ2v) is 7.28. The summed E-state index contributed by atoms with van der Waals surface area (Å²) >= 11 is 0. The Bertz CT molecular complexity index is 661. The predicted molar refractivity (Wildman–Crippen MR) is 85.6 cm³/mol. The molecule has 1 saturated carbocycles. The number of aryl methyl sites for hydroxylation is 1. The van der Waals surface area contributed by atoms with Crippen molar-refractivity contribution in [2.45, 2.75) is 30.7 Å². The van der Waals surface area contributed by atoms with Gasteiger partial charge in [-0.3, -0.25) is 10.1 Å². The molecule has 2 rings (SSSR count). The van der Waals surface area contributed by atoms with Crippen LogP contribution in [-0.2, 0) is 10.0 Å². The summed E-state index contributed by atoms with van der Waals surface area (Å²) < 4.78 is 26.7. The number of nitrogens with two attached hydrogens (primary N) is 1. The van der Waals surface area contributed by atoms with Crippen LogP contribution in [0.15, 0.2) is 23.1 Å². The maximum atomic E-state index is 12.8. The molecule has 2 N–H and O–H groups in total. The number of rotatable bonds is 6. The highest BCUT2D eigenvalue weighted by Gasteiger charge is 2.40. The molecule has 0 heterocycles. The van der Waals surface area contributed by atoms with Gasteiger partial charge in [0.05, 0.1) is 4.92 Å². The fourth-order valence-corrected chi connectivity index (χ4v) is 4.34. The van der Waals surface area contributed by atoms with Gasteiger partial charge in [0.2, 0.25) is 10.0 Å². The maximum Gasteiger partial charge on any atom is 0.289 e. The summed E-state index contributed by atoms with van der Waals surface area (Å²) in [6, 6.07) is 3.94. The molecule has 1 aromatic carbocycles. The first-order chi connectivity index (χ1) is 9.80. The second-order valence-electron chi connectivity index (χ2n) is 5.34. The lowest BCUT2D eigenvalue weighted by molar-refractivity contribution is -0.387. The molecule has 0 bridgehead atoms. The standard InChI is InChI=1S/C13H19N3O4S.ClH/c1-9-4-3-5-11(16(17)18)13(9)21(19,20)15(2)12(8-14)10-6-7-10;/h3-5,10,12H,6-8,14H2,1-2H3;1H. The predicted octanol–water partition coefficient (Wildman–Crippen LogP) is 1.68. The van der Waals surface area contributed by atoms with Gasteiger partial charge in [-0.2, -0.15) is 4.31 Å². The summed E-state index contributed by atoms with van der Waals surface area (Å²) in [5.74, 6) is 0.248. The summed E-state index contributed by atoms with van der Waals surface area (Å²) in [5.41, 5.74) is 5.65. The molecule has 9 heteroatoms. The molecule has 0 radical (unpaired) electrons. The van der Waals surface area contributed by atoms with E-state index in [1.54, 1.807) is 13.0 Å². The van der Waals surface area contributed by atoms with Gasteiger partial charge >= 0.3 is 0 Å². The first-order valence-corrected chi connectivity index (χ1v) is 8.16. The van der Waals surface area contributed by atoms with Crippen LogP contribution in [0.2, 0.25) is 0 Å². The molecule has 1 atom stereocenters. The monoisotopic (exact) mass is 349 g/mol. The van der Waals surface area contributed by atoms with Crippen LogP contribution in [0.1, 0.15) is 18.4 Å². The highest BCUT2D eigenvalue weighted by atomic mass is 35.5. The lowest BCUT2D eigenvalue weighted by atomic mass is 10.2. The number of hydrogen-bond donors (Lipinski definition) is 1. The Morgan fingerprint density at radius 2 is 2.05 bits per heavy atom. The topological polar surface area (TPSA) is 107 Å². The first kappa shape index (κ1) is 18.8. The SMILES string of the molecule is Cc1cccc([N+](=O)[O-])c1S(=O)(=O)N(C)C(CN)C1CC1.Cl. The molecule has 0 amide bonds. The Morgan fingerprint density at radius 3 is 2.50 bits per heavy atom. The summed E-state index contributed by atoms with van der Waals surface area (Å²) in [6.07, 6.45) is 1.88. The van der Waals surface area contributed by atoms with Gasteiger partial charge in [-0.15, -0.1) is 12.4 Å². The molecule has 124 valence electrons. The Balaban J connectivity index is 0.00000242. The number of hydrogen-bond acceptors (Lipinski definition) is 5. The van der Waals surface area contributed by atoms with Crippen LogP contribution in [0.3, 0.4) is 0 Å². The van der Waals surface area contributed by atoms with E-state index in [4.69, 9.17) is 5.73 Å². The highest BCUT2D eigenvalue weighted by molar-refractivity contribution is 7.89. The maximum absolute atomic E-state index is 12.8. The molecule has 1 aliphatic rings. The van der Waals surface area contributed by atoms with Crippen LogP contribution in [0, 0.1) is 23.0 Å². The van der Waals surface area contributed by atoms with Gasteiger partial charge in [0.1, 0.15) is 0 Å². The molecule has 1 unspecified atom stereocenters. The van der Waals surface area contributed by atoms with Gasteiger partial charge in [0.15, 0.2) is 4.90 Å². The average Bonchev–Trinajstić information content (AvgIpc) is 3.23. The van der Waals surface area contributed by atoms with Gasteiger partial charge in [-0.05, 0) is 31.2 Å². The third kappa shape index (κ3) is 3.40. The van der Waals surface area contributed by atoms with Crippen molar-refractivity contribution in [1.29, 1.82) is 0 Å². The van der Waals surface area contributed by atoms with Gasteiger partial charge in [-0.25, -0.2) is 8.42 Å². The summed E-state index contributed by atoms with van der Waals surface area (Å²) in [7, 11) is -2.50. The molecule has 0 saturated heterocycles. The smallest absolute Gasteiger partial charge is 0.289 e. The second kappa shape index (κ2) is 6.91. The lowest BCUT2D eigenvalue weighted by Gasteiger charge is -2.26. The third-order valence-electron chi connectivity index (χ3n) is 3.90. The van der Waals surface area contributed by atoms with E-state index in [9.17, 15) is 18.5 Å². The van der Waals surface area contributed by atoms with E-state index in [-0.39, 0.29) is 35.8 Å². The van der Waals surface area contributed by atoms with E-state index in [1.807, 2.05) is 0 Å². The molecule has 0 aliphatic heterocycles. The van der Waals surface area contributed by atoms with Gasteiger partial charge in [-0.1, -0.05) is 12.1 Å². The van der Waals surface area contributed by atoms with Crippen LogP contribution in [0.4, 0.5) is 5.69 Å². The molecule has 7 nitrogen and oxygen atoms in total. The normalized spacial score (nSPS) is 16.2. The zero-order valence-corrected chi connectivity index (χ0v) is 14.1. The van der Waals surface area contributed by atoms with Crippen LogP contribution in [0.25, 0.3) is 0 Å². The average molecular weight is 350 g/mol. The molecule has 1 aliphatic carbocycles. The fraction of sp³-hybridized carbons (Fsp3) is 0.538. The summed E-state index contributed by atoms with van der Waals surface area (Å²) in [6.45, 7) is 1.77. The minimum Gasteiger partial charge on any atom is -0.329 e. The number of nitro benzene ring substituents is 1. The zero-order chi connectivity index (χ0) is 15.8. The van der Waals surface area contributed by atoms with Gasteiger partial charge < -0.3 is 5.73 Å². The molecule has 1 aromatic rings. The van der Waals surface area contributed by atoms with Crippen LogP contribution in [0.5, 0.6) is 0 Å². The quantitative estimate of drug-likeness (QED) is 0.621. The number of sulfonamides is 1. The van der Waals surface area contributed by atoms with Crippen LogP contribution < -0.4 is 5.73 Å². The van der Waals surface area contributed by atoms with E-state index < -0.39 is 20.6 Å². The minimum absolute atomic E-state index is 0. The van der Waals surface area contributed by atoms with Crippen molar-refractivity contribution in [3.8, 4) is 0 Å². The number of nitro groups is 1. The zero-order valence-electron chi connectivity index (χ0n) is 12.4. The van der Waals surface area contributed by atoms with Crippen molar-refractivity contribution in [2.24, 2.45) is 11.7 Å². The van der Waals surface area contributed by atoms with Gasteiger partial charge in [0.25, 0.3) is 5.69 Å². The molecular formula is C13H20ClN3O4S. The van der Waals surface area contributed by atoms with Crippen molar-refractivity contribution in [1.82, 2.24) is 4.31 Å². The number of nitrogens with zero attached hydrogens (tertiary/aromatic N) is 2. The summed E-state index contributed by atoms with van der Waals surface area (Å²) in [5, 5.41) is 11.1. The summed E-state index contributed by atoms with van der Waals surface area (Å²) in [4.78, 5) is 10.2. The first-order valence-electron chi connectivity index (χ1n) is 6.72. The third-order valence-corrected chi connectivity index (χ3v) is 5.98. The Kier molecular flexibility index (Phi) is 5.91. The molecule has 1 fully saturated rings. The van der Waals surface area contributed by atoms with Crippen molar-refractivity contribution in [3.05, 3.63) is 33.9 Å². The number of halogens is 1. The van der Waals surface area contributed by atoms with Gasteiger partial charge in [0, 0.05) is 25.7 Å². The lowest BCUT2D eigenvalue weighted by Crippen LogP contribution is -2.43. The van der Waals surface area contributed by atoms with E-state index in [0.717, 1.165) is 12.8 Å².